The standard InChI is InChI=1S/C14H12Br2ClN/c1-9-6-12(3-5-13(9)15)18-8-10-7-11(17)2-4-14(10)16/h2-7,18H,8H2,1H3. The molecule has 0 amide bonds. The summed E-state index contributed by atoms with van der Waals surface area (Å²) in [5.41, 5.74) is 3.45. The molecule has 2 rings (SSSR count). The van der Waals surface area contributed by atoms with E-state index in [4.69, 9.17) is 11.6 Å². The zero-order chi connectivity index (χ0) is 13.1. The highest BCUT2D eigenvalue weighted by molar-refractivity contribution is 9.10. The van der Waals surface area contributed by atoms with Crippen molar-refractivity contribution in [2.45, 2.75) is 13.5 Å². The van der Waals surface area contributed by atoms with Crippen molar-refractivity contribution in [3.05, 3.63) is 61.5 Å². The third kappa shape index (κ3) is 3.50. The van der Waals surface area contributed by atoms with Crippen molar-refractivity contribution in [3.8, 4) is 0 Å². The van der Waals surface area contributed by atoms with E-state index in [1.165, 1.54) is 5.56 Å². The van der Waals surface area contributed by atoms with Crippen molar-refractivity contribution >= 4 is 49.1 Å². The maximum Gasteiger partial charge on any atom is 0.0412 e. The summed E-state index contributed by atoms with van der Waals surface area (Å²) in [6, 6.07) is 12.0. The average Bonchev–Trinajstić information content (AvgIpc) is 2.34. The smallest absolute Gasteiger partial charge is 0.0412 e. The molecule has 0 unspecified atom stereocenters. The molecule has 0 saturated carbocycles. The average molecular weight is 390 g/mol. The Morgan fingerprint density at radius 2 is 1.78 bits per heavy atom. The van der Waals surface area contributed by atoms with Gasteiger partial charge in [0.25, 0.3) is 0 Å². The number of halogens is 3. The van der Waals surface area contributed by atoms with E-state index in [1.54, 1.807) is 0 Å². The minimum absolute atomic E-state index is 0.738. The molecular weight excluding hydrogens is 377 g/mol. The predicted octanol–water partition coefficient (Wildman–Crippen LogP) is 5.79. The van der Waals surface area contributed by atoms with Crippen LogP contribution in [0.15, 0.2) is 45.3 Å². The van der Waals surface area contributed by atoms with Crippen molar-refractivity contribution in [1.82, 2.24) is 0 Å². The van der Waals surface area contributed by atoms with Crippen LogP contribution in [0, 0.1) is 6.92 Å². The van der Waals surface area contributed by atoms with Gasteiger partial charge in [0.2, 0.25) is 0 Å². The molecule has 2 aromatic rings. The fourth-order valence-electron chi connectivity index (χ4n) is 1.63. The highest BCUT2D eigenvalue weighted by atomic mass is 79.9. The highest BCUT2D eigenvalue weighted by Gasteiger charge is 2.02. The number of nitrogens with one attached hydrogen (secondary N) is 1. The lowest BCUT2D eigenvalue weighted by Gasteiger charge is -2.10. The monoisotopic (exact) mass is 387 g/mol. The van der Waals surface area contributed by atoms with Gasteiger partial charge in [-0.2, -0.15) is 0 Å². The third-order valence-electron chi connectivity index (χ3n) is 2.65. The fourth-order valence-corrected chi connectivity index (χ4v) is 2.46. The molecule has 94 valence electrons. The number of rotatable bonds is 3. The first kappa shape index (κ1) is 13.9. The van der Waals surface area contributed by atoms with Gasteiger partial charge in [0, 0.05) is 26.2 Å². The van der Waals surface area contributed by atoms with Gasteiger partial charge in [-0.05, 0) is 54.4 Å². The van der Waals surface area contributed by atoms with Crippen LogP contribution in [0.4, 0.5) is 5.69 Å². The SMILES string of the molecule is Cc1cc(NCc2cc(Cl)ccc2Br)ccc1Br. The van der Waals surface area contributed by atoms with Crippen LogP contribution in [0.25, 0.3) is 0 Å². The Hall–Kier alpha value is -0.510. The van der Waals surface area contributed by atoms with Crippen molar-refractivity contribution in [3.63, 3.8) is 0 Å². The maximum atomic E-state index is 5.99. The number of hydrogen-bond donors (Lipinski definition) is 1. The van der Waals surface area contributed by atoms with Crippen LogP contribution < -0.4 is 5.32 Å². The number of aryl methyl sites for hydroxylation is 1. The van der Waals surface area contributed by atoms with Gasteiger partial charge in [0.05, 0.1) is 0 Å². The quantitative estimate of drug-likeness (QED) is 0.701. The van der Waals surface area contributed by atoms with E-state index in [1.807, 2.05) is 24.3 Å². The van der Waals surface area contributed by atoms with Crippen LogP contribution in [-0.4, -0.2) is 0 Å². The van der Waals surface area contributed by atoms with Crippen molar-refractivity contribution in [2.75, 3.05) is 5.32 Å². The van der Waals surface area contributed by atoms with Crippen LogP contribution in [0.1, 0.15) is 11.1 Å². The van der Waals surface area contributed by atoms with Gasteiger partial charge in [-0.1, -0.05) is 43.5 Å². The Labute approximate surface area is 129 Å². The summed E-state index contributed by atoms with van der Waals surface area (Å²) in [7, 11) is 0. The normalized spacial score (nSPS) is 10.4. The summed E-state index contributed by atoms with van der Waals surface area (Å²) in [5.74, 6) is 0. The van der Waals surface area contributed by atoms with Gasteiger partial charge in [-0.3, -0.25) is 0 Å². The van der Waals surface area contributed by atoms with E-state index in [0.29, 0.717) is 0 Å². The van der Waals surface area contributed by atoms with E-state index in [0.717, 1.165) is 31.8 Å². The van der Waals surface area contributed by atoms with Crippen LogP contribution in [-0.2, 0) is 6.54 Å². The third-order valence-corrected chi connectivity index (χ3v) is 4.55. The summed E-state index contributed by atoms with van der Waals surface area (Å²) in [6.07, 6.45) is 0. The molecule has 2 aromatic carbocycles. The first-order chi connectivity index (χ1) is 8.56. The van der Waals surface area contributed by atoms with Gasteiger partial charge in [0.1, 0.15) is 0 Å². The molecule has 1 nitrogen and oxygen atoms in total. The number of benzene rings is 2. The van der Waals surface area contributed by atoms with E-state index >= 15 is 0 Å². The molecule has 0 aliphatic rings. The topological polar surface area (TPSA) is 12.0 Å². The molecular formula is C14H12Br2ClN. The summed E-state index contributed by atoms with van der Waals surface area (Å²) >= 11 is 13.0. The molecule has 0 aliphatic heterocycles. The lowest BCUT2D eigenvalue weighted by atomic mass is 10.2. The summed E-state index contributed by atoms with van der Waals surface area (Å²) < 4.78 is 2.19. The summed E-state index contributed by atoms with van der Waals surface area (Å²) in [6.45, 7) is 2.81. The molecule has 0 aliphatic carbocycles. The molecule has 0 fully saturated rings. The van der Waals surface area contributed by atoms with Crippen molar-refractivity contribution in [2.24, 2.45) is 0 Å². The van der Waals surface area contributed by atoms with Gasteiger partial charge >= 0.3 is 0 Å². The lowest BCUT2D eigenvalue weighted by molar-refractivity contribution is 1.13. The van der Waals surface area contributed by atoms with E-state index < -0.39 is 0 Å². The van der Waals surface area contributed by atoms with Crippen LogP contribution >= 0.6 is 43.5 Å². The summed E-state index contributed by atoms with van der Waals surface area (Å²) in [4.78, 5) is 0. The zero-order valence-electron chi connectivity index (χ0n) is 9.81. The molecule has 0 radical (unpaired) electrons. The van der Waals surface area contributed by atoms with Gasteiger partial charge in [-0.15, -0.1) is 0 Å². The van der Waals surface area contributed by atoms with Gasteiger partial charge in [0.15, 0.2) is 0 Å². The van der Waals surface area contributed by atoms with E-state index in [2.05, 4.69) is 56.2 Å². The number of hydrogen-bond acceptors (Lipinski definition) is 1. The number of anilines is 1. The molecule has 0 heterocycles. The Morgan fingerprint density at radius 3 is 2.50 bits per heavy atom. The minimum atomic E-state index is 0.738. The first-order valence-electron chi connectivity index (χ1n) is 5.50. The second kappa shape index (κ2) is 6.09. The van der Waals surface area contributed by atoms with Crippen LogP contribution in [0.5, 0.6) is 0 Å². The van der Waals surface area contributed by atoms with Crippen molar-refractivity contribution < 1.29 is 0 Å². The van der Waals surface area contributed by atoms with Gasteiger partial charge < -0.3 is 5.32 Å². The molecule has 0 spiro atoms. The van der Waals surface area contributed by atoms with Gasteiger partial charge in [-0.25, -0.2) is 0 Å². The molecule has 0 bridgehead atoms. The Kier molecular flexibility index (Phi) is 4.71. The Bertz CT molecular complexity index is 570. The molecule has 0 saturated heterocycles. The Balaban J connectivity index is 2.11. The lowest BCUT2D eigenvalue weighted by Crippen LogP contribution is -2.00. The van der Waals surface area contributed by atoms with E-state index in [-0.39, 0.29) is 0 Å². The molecule has 0 aromatic heterocycles. The zero-order valence-corrected chi connectivity index (χ0v) is 13.7. The predicted molar refractivity (Wildman–Crippen MR) is 85.4 cm³/mol. The minimum Gasteiger partial charge on any atom is -0.381 e. The second-order valence-electron chi connectivity index (χ2n) is 4.05. The molecule has 4 heteroatoms. The largest absolute Gasteiger partial charge is 0.381 e. The second-order valence-corrected chi connectivity index (χ2v) is 6.20. The van der Waals surface area contributed by atoms with E-state index in [9.17, 15) is 0 Å². The van der Waals surface area contributed by atoms with Crippen molar-refractivity contribution in [1.29, 1.82) is 0 Å². The van der Waals surface area contributed by atoms with Crippen LogP contribution in [0.3, 0.4) is 0 Å². The highest BCUT2D eigenvalue weighted by Crippen LogP contribution is 2.24. The first-order valence-corrected chi connectivity index (χ1v) is 7.46. The fraction of sp³-hybridized carbons (Fsp3) is 0.143. The molecule has 1 N–H and O–H groups in total. The summed E-state index contributed by atoms with van der Waals surface area (Å²) in [5, 5.41) is 4.14. The molecule has 0 atom stereocenters. The Morgan fingerprint density at radius 1 is 1.06 bits per heavy atom. The molecule has 18 heavy (non-hydrogen) atoms. The maximum absolute atomic E-state index is 5.99. The van der Waals surface area contributed by atoms with Crippen LogP contribution in [0.2, 0.25) is 5.02 Å².